The van der Waals surface area contributed by atoms with Crippen LogP contribution in [0.2, 0.25) is 0 Å². The quantitative estimate of drug-likeness (QED) is 0.616. The van der Waals surface area contributed by atoms with Gasteiger partial charge in [-0.15, -0.1) is 0 Å². The molecule has 4 heterocycles. The lowest BCUT2D eigenvalue weighted by molar-refractivity contribution is 0.0929. The lowest BCUT2D eigenvalue weighted by Crippen LogP contribution is -2.37. The number of anilines is 1. The number of aromatic nitrogens is 4. The fourth-order valence-electron chi connectivity index (χ4n) is 4.28. The molecule has 2 aliphatic rings. The summed E-state index contributed by atoms with van der Waals surface area (Å²) in [5, 5.41) is 10.9. The molecule has 29 heavy (non-hydrogen) atoms. The third kappa shape index (κ3) is 3.80. The molecule has 1 amide bonds. The number of nitrogens with zero attached hydrogens (tertiary/aromatic N) is 4. The second-order valence-electron chi connectivity index (χ2n) is 7.84. The third-order valence-electron chi connectivity index (χ3n) is 5.87. The number of amides is 1. The maximum absolute atomic E-state index is 12.0. The first-order valence-electron chi connectivity index (χ1n) is 10.3. The standard InChI is InChI=1S/C21H25N7O/c29-20-18-10-15-13-25-21(27-19(15)28(18)9-8-23-20)26-17-5-3-16(4-6-17)24-12-14-2-1-7-22-11-14/h1-2,7,10-11,13,16-17,24H,3-6,8-9,12H2,(H,23,29)(H,25,26,27). The van der Waals surface area contributed by atoms with Gasteiger partial charge in [0.1, 0.15) is 11.3 Å². The Morgan fingerprint density at radius 3 is 2.86 bits per heavy atom. The predicted octanol–water partition coefficient (Wildman–Crippen LogP) is 2.08. The summed E-state index contributed by atoms with van der Waals surface area (Å²) in [5.41, 5.74) is 2.72. The highest BCUT2D eigenvalue weighted by Crippen LogP contribution is 2.24. The molecule has 8 heteroatoms. The molecule has 0 bridgehead atoms. The van der Waals surface area contributed by atoms with E-state index in [1.807, 2.05) is 29.1 Å². The molecule has 0 saturated heterocycles. The van der Waals surface area contributed by atoms with Gasteiger partial charge < -0.3 is 20.5 Å². The molecule has 5 rings (SSSR count). The van der Waals surface area contributed by atoms with Gasteiger partial charge in [0.25, 0.3) is 5.91 Å². The van der Waals surface area contributed by atoms with Gasteiger partial charge in [-0.1, -0.05) is 6.07 Å². The average molecular weight is 391 g/mol. The molecule has 1 aliphatic carbocycles. The number of fused-ring (bicyclic) bond motifs is 3. The molecule has 0 radical (unpaired) electrons. The van der Waals surface area contributed by atoms with Crippen molar-refractivity contribution in [2.45, 2.75) is 50.9 Å². The minimum atomic E-state index is -0.0409. The van der Waals surface area contributed by atoms with Crippen LogP contribution in [0.3, 0.4) is 0 Å². The molecule has 8 nitrogen and oxygen atoms in total. The Bertz CT molecular complexity index is 1010. The van der Waals surface area contributed by atoms with Crippen LogP contribution in [0.15, 0.2) is 36.8 Å². The smallest absolute Gasteiger partial charge is 0.268 e. The fraction of sp³-hybridized carbons (Fsp3) is 0.429. The number of rotatable bonds is 5. The van der Waals surface area contributed by atoms with Gasteiger partial charge in [0.15, 0.2) is 0 Å². The summed E-state index contributed by atoms with van der Waals surface area (Å²) in [6, 6.07) is 6.86. The zero-order chi connectivity index (χ0) is 19.6. The molecule has 3 aromatic rings. The van der Waals surface area contributed by atoms with Crippen molar-refractivity contribution in [3.05, 3.63) is 48.0 Å². The number of carbonyl (C=O) groups excluding carboxylic acids is 1. The number of hydrogen-bond acceptors (Lipinski definition) is 6. The number of nitrogens with one attached hydrogen (secondary N) is 3. The van der Waals surface area contributed by atoms with E-state index in [0.717, 1.165) is 49.8 Å². The average Bonchev–Trinajstić information content (AvgIpc) is 3.14. The van der Waals surface area contributed by atoms with Crippen LogP contribution in [0, 0.1) is 0 Å². The fourth-order valence-corrected chi connectivity index (χ4v) is 4.28. The number of pyridine rings is 1. The van der Waals surface area contributed by atoms with Crippen LogP contribution in [0.4, 0.5) is 5.95 Å². The summed E-state index contributed by atoms with van der Waals surface area (Å²) in [7, 11) is 0. The summed E-state index contributed by atoms with van der Waals surface area (Å²) >= 11 is 0. The minimum Gasteiger partial charge on any atom is -0.351 e. The van der Waals surface area contributed by atoms with E-state index in [9.17, 15) is 4.79 Å². The van der Waals surface area contributed by atoms with E-state index in [1.165, 1.54) is 5.56 Å². The van der Waals surface area contributed by atoms with Crippen LogP contribution < -0.4 is 16.0 Å². The van der Waals surface area contributed by atoms with Gasteiger partial charge in [0.2, 0.25) is 5.95 Å². The lowest BCUT2D eigenvalue weighted by atomic mass is 9.91. The Hall–Kier alpha value is -3.00. The summed E-state index contributed by atoms with van der Waals surface area (Å²) in [6.45, 7) is 2.25. The summed E-state index contributed by atoms with van der Waals surface area (Å²) in [6.07, 6.45) is 9.95. The Morgan fingerprint density at radius 2 is 2.03 bits per heavy atom. The van der Waals surface area contributed by atoms with Gasteiger partial charge in [-0.05, 0) is 43.4 Å². The van der Waals surface area contributed by atoms with Crippen LogP contribution in [0.1, 0.15) is 41.7 Å². The topological polar surface area (TPSA) is 96.8 Å². The highest BCUT2D eigenvalue weighted by molar-refractivity contribution is 5.98. The van der Waals surface area contributed by atoms with Crippen molar-refractivity contribution in [2.24, 2.45) is 0 Å². The molecule has 1 aliphatic heterocycles. The molecule has 150 valence electrons. The van der Waals surface area contributed by atoms with E-state index < -0.39 is 0 Å². The van der Waals surface area contributed by atoms with Crippen molar-refractivity contribution in [3.63, 3.8) is 0 Å². The molecule has 1 fully saturated rings. The molecule has 0 aromatic carbocycles. The van der Waals surface area contributed by atoms with Gasteiger partial charge in [-0.25, -0.2) is 4.98 Å². The largest absolute Gasteiger partial charge is 0.351 e. The second-order valence-corrected chi connectivity index (χ2v) is 7.84. The van der Waals surface area contributed by atoms with Crippen LogP contribution >= 0.6 is 0 Å². The van der Waals surface area contributed by atoms with Gasteiger partial charge in [-0.3, -0.25) is 9.78 Å². The molecule has 0 unspecified atom stereocenters. The monoisotopic (exact) mass is 391 g/mol. The Kier molecular flexibility index (Phi) is 4.85. The van der Waals surface area contributed by atoms with Crippen LogP contribution in [-0.4, -0.2) is 44.1 Å². The SMILES string of the molecule is O=C1NCCn2c1cc1cnc(NC3CCC(NCc4cccnc4)CC3)nc12. The van der Waals surface area contributed by atoms with Crippen LogP contribution in [0.5, 0.6) is 0 Å². The van der Waals surface area contributed by atoms with E-state index in [-0.39, 0.29) is 5.91 Å². The Labute approximate surface area is 169 Å². The van der Waals surface area contributed by atoms with E-state index in [0.29, 0.717) is 30.3 Å². The predicted molar refractivity (Wildman–Crippen MR) is 111 cm³/mol. The molecule has 0 spiro atoms. The number of hydrogen-bond donors (Lipinski definition) is 3. The van der Waals surface area contributed by atoms with E-state index in [4.69, 9.17) is 4.98 Å². The van der Waals surface area contributed by atoms with Crippen molar-refractivity contribution in [3.8, 4) is 0 Å². The van der Waals surface area contributed by atoms with Gasteiger partial charge >= 0.3 is 0 Å². The molecule has 3 N–H and O–H groups in total. The zero-order valence-corrected chi connectivity index (χ0v) is 16.3. The first kappa shape index (κ1) is 18.1. The highest BCUT2D eigenvalue weighted by Gasteiger charge is 2.23. The minimum absolute atomic E-state index is 0.0409. The van der Waals surface area contributed by atoms with Gasteiger partial charge in [0, 0.05) is 55.7 Å². The van der Waals surface area contributed by atoms with Crippen molar-refractivity contribution in [2.75, 3.05) is 11.9 Å². The molecular formula is C21H25N7O. The molecule has 0 atom stereocenters. The van der Waals surface area contributed by atoms with Crippen LogP contribution in [0.25, 0.3) is 11.0 Å². The van der Waals surface area contributed by atoms with Crippen molar-refractivity contribution in [1.29, 1.82) is 0 Å². The van der Waals surface area contributed by atoms with Crippen molar-refractivity contribution in [1.82, 2.24) is 30.2 Å². The Morgan fingerprint density at radius 1 is 1.17 bits per heavy atom. The molecule has 1 saturated carbocycles. The normalized spacial score (nSPS) is 21.6. The highest BCUT2D eigenvalue weighted by atomic mass is 16.2. The second kappa shape index (κ2) is 7.79. The maximum atomic E-state index is 12.0. The maximum Gasteiger partial charge on any atom is 0.268 e. The zero-order valence-electron chi connectivity index (χ0n) is 16.3. The summed E-state index contributed by atoms with van der Waals surface area (Å²) in [4.78, 5) is 25.4. The van der Waals surface area contributed by atoms with Gasteiger partial charge in [0.05, 0.1) is 0 Å². The Balaban J connectivity index is 1.19. The summed E-state index contributed by atoms with van der Waals surface area (Å²) in [5.74, 6) is 0.608. The summed E-state index contributed by atoms with van der Waals surface area (Å²) < 4.78 is 1.99. The van der Waals surface area contributed by atoms with Crippen molar-refractivity contribution >= 4 is 22.9 Å². The van der Waals surface area contributed by atoms with E-state index >= 15 is 0 Å². The first-order valence-corrected chi connectivity index (χ1v) is 10.3. The van der Waals surface area contributed by atoms with Gasteiger partial charge in [-0.2, -0.15) is 4.98 Å². The third-order valence-corrected chi connectivity index (χ3v) is 5.87. The lowest BCUT2D eigenvalue weighted by Gasteiger charge is -2.29. The first-order chi connectivity index (χ1) is 14.3. The number of carbonyl (C=O) groups is 1. The van der Waals surface area contributed by atoms with Crippen molar-refractivity contribution < 1.29 is 4.79 Å². The molecular weight excluding hydrogens is 366 g/mol. The van der Waals surface area contributed by atoms with Crippen LogP contribution in [-0.2, 0) is 13.1 Å². The van der Waals surface area contributed by atoms with E-state index in [2.05, 4.69) is 32.0 Å². The molecule has 3 aromatic heterocycles. The van der Waals surface area contributed by atoms with E-state index in [1.54, 1.807) is 6.20 Å².